The Bertz CT molecular complexity index is 63.6. The van der Waals surface area contributed by atoms with Crippen LogP contribution in [0.25, 0.3) is 0 Å². The molecule has 4 nitrogen and oxygen atoms in total. The van der Waals surface area contributed by atoms with E-state index in [0.717, 1.165) is 6.34 Å². The van der Waals surface area contributed by atoms with Gasteiger partial charge < -0.3 is 0 Å². The monoisotopic (exact) mass is 84.0 g/mol. The van der Waals surface area contributed by atoms with E-state index in [1.165, 1.54) is 0 Å². The van der Waals surface area contributed by atoms with Crippen LogP contribution in [0.4, 0.5) is 0 Å². The summed E-state index contributed by atoms with van der Waals surface area (Å²) >= 11 is 0. The largest absolute Gasteiger partial charge is 0.203 e. The standard InChI is InChI=1S/C2H4N4/c1-4-6-2-5-3/h2-3H,1H2/b5-3?,6-2-. The van der Waals surface area contributed by atoms with Crippen LogP contribution in [0.5, 0.6) is 0 Å². The second-order valence-electron chi connectivity index (χ2n) is 0.501. The molecule has 0 aliphatic carbocycles. The Labute approximate surface area is 35.1 Å². The van der Waals surface area contributed by atoms with E-state index in [1.807, 2.05) is 0 Å². The van der Waals surface area contributed by atoms with Gasteiger partial charge in [0.05, 0.1) is 0 Å². The van der Waals surface area contributed by atoms with Crippen LogP contribution in [0.15, 0.2) is 15.3 Å². The van der Waals surface area contributed by atoms with Gasteiger partial charge in [0, 0.05) is 6.72 Å². The van der Waals surface area contributed by atoms with E-state index in [9.17, 15) is 0 Å². The van der Waals surface area contributed by atoms with Gasteiger partial charge in [0.25, 0.3) is 0 Å². The van der Waals surface area contributed by atoms with Gasteiger partial charge in [-0.15, -0.1) is 10.2 Å². The maximum Gasteiger partial charge on any atom is 0.159 e. The van der Waals surface area contributed by atoms with Crippen LogP contribution in [0.1, 0.15) is 0 Å². The SMILES string of the molecule is C=N/N=C\N=N. The van der Waals surface area contributed by atoms with Crippen LogP contribution in [0, 0.1) is 5.53 Å². The fourth-order valence-electron chi connectivity index (χ4n) is 0.0623. The van der Waals surface area contributed by atoms with Gasteiger partial charge in [-0.1, -0.05) is 0 Å². The minimum atomic E-state index is 0.993. The molecular weight excluding hydrogens is 80.1 g/mol. The van der Waals surface area contributed by atoms with Gasteiger partial charge >= 0.3 is 0 Å². The lowest BCUT2D eigenvalue weighted by Crippen LogP contribution is -1.52. The van der Waals surface area contributed by atoms with E-state index < -0.39 is 0 Å². The van der Waals surface area contributed by atoms with E-state index in [0.29, 0.717) is 0 Å². The Balaban J connectivity index is 3.17. The van der Waals surface area contributed by atoms with Crippen LogP contribution in [-0.4, -0.2) is 13.1 Å². The van der Waals surface area contributed by atoms with E-state index in [4.69, 9.17) is 5.53 Å². The number of nitrogens with zero attached hydrogens (tertiary/aromatic N) is 3. The van der Waals surface area contributed by atoms with Crippen molar-refractivity contribution in [1.82, 2.24) is 0 Å². The molecule has 0 bridgehead atoms. The molecule has 0 aromatic carbocycles. The third-order valence-corrected chi connectivity index (χ3v) is 0.191. The molecule has 0 saturated heterocycles. The number of rotatable bonds is 2. The summed E-state index contributed by atoms with van der Waals surface area (Å²) < 4.78 is 0. The maximum atomic E-state index is 6.09. The molecule has 0 amide bonds. The van der Waals surface area contributed by atoms with Crippen molar-refractivity contribution >= 4 is 13.1 Å². The van der Waals surface area contributed by atoms with Gasteiger partial charge in [0.2, 0.25) is 0 Å². The van der Waals surface area contributed by atoms with E-state index in [2.05, 4.69) is 22.0 Å². The first-order chi connectivity index (χ1) is 2.91. The summed E-state index contributed by atoms with van der Waals surface area (Å²) in [6.45, 7) is 3.01. The van der Waals surface area contributed by atoms with Gasteiger partial charge in [0.15, 0.2) is 6.34 Å². The molecule has 0 aliphatic rings. The lowest BCUT2D eigenvalue weighted by atomic mass is 11.4. The molecule has 0 atom stereocenters. The molecule has 0 rings (SSSR count). The average molecular weight is 84.1 g/mol. The molecule has 6 heavy (non-hydrogen) atoms. The highest BCUT2D eigenvalue weighted by Gasteiger charge is 1.49. The zero-order chi connectivity index (χ0) is 4.83. The van der Waals surface area contributed by atoms with Crippen molar-refractivity contribution in [3.63, 3.8) is 0 Å². The minimum Gasteiger partial charge on any atom is -0.203 e. The molecule has 32 valence electrons. The summed E-state index contributed by atoms with van der Waals surface area (Å²) in [6, 6.07) is 0. The van der Waals surface area contributed by atoms with Crippen LogP contribution in [0.3, 0.4) is 0 Å². The van der Waals surface area contributed by atoms with Gasteiger partial charge in [0.1, 0.15) is 0 Å². The summed E-state index contributed by atoms with van der Waals surface area (Å²) in [5.74, 6) is 0. The molecule has 0 aromatic rings. The number of nitrogens with one attached hydrogen (secondary N) is 1. The van der Waals surface area contributed by atoms with Gasteiger partial charge in [-0.2, -0.15) is 5.10 Å². The van der Waals surface area contributed by atoms with Crippen LogP contribution in [-0.2, 0) is 0 Å². The maximum absolute atomic E-state index is 6.09. The molecule has 0 spiro atoms. The highest BCUT2D eigenvalue weighted by Crippen LogP contribution is 1.59. The van der Waals surface area contributed by atoms with Crippen molar-refractivity contribution in [3.05, 3.63) is 0 Å². The number of hydrogen-bond acceptors (Lipinski definition) is 3. The minimum absolute atomic E-state index is 0.993. The van der Waals surface area contributed by atoms with Crippen molar-refractivity contribution < 1.29 is 0 Å². The Hall–Kier alpha value is -1.06. The predicted molar refractivity (Wildman–Crippen MR) is 23.2 cm³/mol. The lowest BCUT2D eigenvalue weighted by molar-refractivity contribution is 1.17. The van der Waals surface area contributed by atoms with Crippen LogP contribution in [0.2, 0.25) is 0 Å². The van der Waals surface area contributed by atoms with Crippen LogP contribution < -0.4 is 0 Å². The molecule has 1 N–H and O–H groups in total. The van der Waals surface area contributed by atoms with E-state index >= 15 is 0 Å². The summed E-state index contributed by atoms with van der Waals surface area (Å²) in [4.78, 5) is 0. The van der Waals surface area contributed by atoms with Crippen molar-refractivity contribution in [3.8, 4) is 0 Å². The molecule has 4 heteroatoms. The Morgan fingerprint density at radius 1 is 1.67 bits per heavy atom. The highest BCUT2D eigenvalue weighted by atomic mass is 15.2. The van der Waals surface area contributed by atoms with E-state index in [-0.39, 0.29) is 0 Å². The van der Waals surface area contributed by atoms with E-state index in [1.54, 1.807) is 0 Å². The first-order valence-electron chi connectivity index (χ1n) is 1.26. The molecule has 0 saturated carbocycles. The second-order valence-corrected chi connectivity index (χ2v) is 0.501. The van der Waals surface area contributed by atoms with Gasteiger partial charge in [-0.3, -0.25) is 0 Å². The van der Waals surface area contributed by atoms with Crippen molar-refractivity contribution in [2.24, 2.45) is 15.3 Å². The van der Waals surface area contributed by atoms with Gasteiger partial charge in [-0.25, -0.2) is 5.53 Å². The third kappa shape index (κ3) is 2.94. The summed E-state index contributed by atoms with van der Waals surface area (Å²) in [6.07, 6.45) is 0.993. The topological polar surface area (TPSA) is 60.9 Å². The molecule has 0 radical (unpaired) electrons. The highest BCUT2D eigenvalue weighted by molar-refractivity contribution is 5.53. The van der Waals surface area contributed by atoms with Gasteiger partial charge in [-0.05, 0) is 0 Å². The first-order valence-corrected chi connectivity index (χ1v) is 1.26. The molecule has 0 aromatic heterocycles. The summed E-state index contributed by atoms with van der Waals surface area (Å²) in [5.41, 5.74) is 6.09. The number of hydrogen-bond donors (Lipinski definition) is 1. The Morgan fingerprint density at radius 3 is 2.50 bits per heavy atom. The third-order valence-electron chi connectivity index (χ3n) is 0.191. The lowest BCUT2D eigenvalue weighted by Gasteiger charge is -1.60. The van der Waals surface area contributed by atoms with Crippen molar-refractivity contribution in [2.45, 2.75) is 0 Å². The molecule has 0 fully saturated rings. The quantitative estimate of drug-likeness (QED) is 0.221. The fourth-order valence-corrected chi connectivity index (χ4v) is 0.0623. The first kappa shape index (κ1) is 4.94. The molecule has 0 aliphatic heterocycles. The predicted octanol–water partition coefficient (Wildman–Crippen LogP) is 0.661. The summed E-state index contributed by atoms with van der Waals surface area (Å²) in [5, 5.41) is 8.91. The normalized spacial score (nSPS) is 8.67. The molecule has 0 heterocycles. The van der Waals surface area contributed by atoms with Crippen molar-refractivity contribution in [1.29, 1.82) is 5.53 Å². The second kappa shape index (κ2) is 3.94. The van der Waals surface area contributed by atoms with Crippen molar-refractivity contribution in [2.75, 3.05) is 0 Å². The summed E-state index contributed by atoms with van der Waals surface area (Å²) in [7, 11) is 0. The molecule has 0 unspecified atom stereocenters. The fraction of sp³-hybridized carbons (Fsp3) is 0. The zero-order valence-corrected chi connectivity index (χ0v) is 3.13. The van der Waals surface area contributed by atoms with Crippen LogP contribution >= 0.6 is 0 Å². The average Bonchev–Trinajstić information content (AvgIpc) is 1.61. The Morgan fingerprint density at radius 2 is 2.33 bits per heavy atom. The zero-order valence-electron chi connectivity index (χ0n) is 3.13. The smallest absolute Gasteiger partial charge is 0.159 e. The molecular formula is C2H4N4. The Kier molecular flexibility index (Phi) is 3.24.